The Hall–Kier alpha value is -2.41. The first-order valence-electron chi connectivity index (χ1n) is 7.47. The fourth-order valence-corrected chi connectivity index (χ4v) is 2.59. The maximum Gasteiger partial charge on any atom is 0.270 e. The van der Waals surface area contributed by atoms with Crippen LogP contribution in [0.25, 0.3) is 0 Å². The number of aromatic nitrogens is 2. The first-order chi connectivity index (χ1) is 10.9. The van der Waals surface area contributed by atoms with E-state index in [1.807, 2.05) is 26.8 Å². The van der Waals surface area contributed by atoms with Gasteiger partial charge < -0.3 is 14.5 Å². The van der Waals surface area contributed by atoms with Gasteiger partial charge in [-0.05, 0) is 32.9 Å². The maximum atomic E-state index is 12.3. The molecule has 0 unspecified atom stereocenters. The van der Waals surface area contributed by atoms with Crippen LogP contribution in [0.15, 0.2) is 27.4 Å². The largest absolute Gasteiger partial charge is 0.465 e. The Morgan fingerprint density at radius 1 is 1.43 bits per heavy atom. The molecule has 23 heavy (non-hydrogen) atoms. The summed E-state index contributed by atoms with van der Waals surface area (Å²) in [5, 5.41) is 2.71. The zero-order valence-electron chi connectivity index (χ0n) is 13.4. The highest BCUT2D eigenvalue weighted by Crippen LogP contribution is 2.25. The minimum Gasteiger partial charge on any atom is -0.465 e. The first-order valence-corrected chi connectivity index (χ1v) is 7.47. The van der Waals surface area contributed by atoms with Gasteiger partial charge in [0.25, 0.3) is 11.5 Å². The van der Waals surface area contributed by atoms with Crippen LogP contribution < -0.4 is 10.9 Å². The van der Waals surface area contributed by atoms with Crippen LogP contribution in [0.5, 0.6) is 0 Å². The van der Waals surface area contributed by atoms with E-state index < -0.39 is 11.5 Å². The van der Waals surface area contributed by atoms with E-state index in [2.05, 4.69) is 10.3 Å². The molecule has 1 aliphatic heterocycles. The molecule has 1 aliphatic rings. The van der Waals surface area contributed by atoms with Gasteiger partial charge in [-0.15, -0.1) is 0 Å². The second kappa shape index (κ2) is 5.66. The molecule has 3 rings (SSSR count). The number of carbonyl (C=O) groups is 1. The van der Waals surface area contributed by atoms with Crippen LogP contribution >= 0.6 is 0 Å². The van der Waals surface area contributed by atoms with Gasteiger partial charge in [0.2, 0.25) is 0 Å². The fraction of sp³-hybridized carbons (Fsp3) is 0.438. The number of nitrogens with one attached hydrogen (secondary N) is 1. The first kappa shape index (κ1) is 15.5. The molecular formula is C16H19N3O4. The summed E-state index contributed by atoms with van der Waals surface area (Å²) in [6, 6.07) is 4.88. The van der Waals surface area contributed by atoms with E-state index in [4.69, 9.17) is 9.15 Å². The van der Waals surface area contributed by atoms with Gasteiger partial charge in [-0.1, -0.05) is 0 Å². The number of amides is 1. The van der Waals surface area contributed by atoms with Gasteiger partial charge in [-0.25, -0.2) is 4.98 Å². The van der Waals surface area contributed by atoms with E-state index in [0.29, 0.717) is 24.7 Å². The summed E-state index contributed by atoms with van der Waals surface area (Å²) in [6.07, 6.45) is 0. The summed E-state index contributed by atoms with van der Waals surface area (Å²) in [5.74, 6) is 1.48. The lowest BCUT2D eigenvalue weighted by Gasteiger charge is -2.32. The van der Waals surface area contributed by atoms with Crippen LogP contribution in [0.3, 0.4) is 0 Å². The highest BCUT2D eigenvalue weighted by atomic mass is 16.5. The molecule has 0 bridgehead atoms. The molecule has 3 heterocycles. The SMILES string of the molecule is Cc1ccc(CNC(=O)c2cc(=O)n3c(n2)C(C)(C)OCC3)o1. The van der Waals surface area contributed by atoms with Crippen LogP contribution in [-0.4, -0.2) is 22.1 Å². The third kappa shape index (κ3) is 3.05. The van der Waals surface area contributed by atoms with Crippen molar-refractivity contribution < 1.29 is 13.9 Å². The molecule has 1 amide bonds. The second-order valence-corrected chi connectivity index (χ2v) is 6.01. The van der Waals surface area contributed by atoms with Crippen LogP contribution in [0, 0.1) is 6.92 Å². The fourth-order valence-electron chi connectivity index (χ4n) is 2.59. The van der Waals surface area contributed by atoms with E-state index in [-0.39, 0.29) is 17.8 Å². The molecule has 0 radical (unpaired) electrons. The summed E-state index contributed by atoms with van der Waals surface area (Å²) < 4.78 is 12.6. The second-order valence-electron chi connectivity index (χ2n) is 6.01. The summed E-state index contributed by atoms with van der Waals surface area (Å²) >= 11 is 0. The Morgan fingerprint density at radius 3 is 2.91 bits per heavy atom. The minimum atomic E-state index is -0.703. The number of aryl methyl sites for hydroxylation is 1. The molecule has 0 fully saturated rings. The van der Waals surface area contributed by atoms with E-state index in [0.717, 1.165) is 5.76 Å². The van der Waals surface area contributed by atoms with Gasteiger partial charge in [0.1, 0.15) is 28.6 Å². The molecule has 0 spiro atoms. The molecule has 0 atom stereocenters. The van der Waals surface area contributed by atoms with Gasteiger partial charge in [0.15, 0.2) is 0 Å². The Bertz CT molecular complexity index is 804. The molecule has 2 aromatic rings. The Labute approximate surface area is 133 Å². The molecule has 0 aromatic carbocycles. The number of hydrogen-bond donors (Lipinski definition) is 1. The van der Waals surface area contributed by atoms with E-state index >= 15 is 0 Å². The Kier molecular flexibility index (Phi) is 3.81. The summed E-state index contributed by atoms with van der Waals surface area (Å²) in [7, 11) is 0. The van der Waals surface area contributed by atoms with Crippen LogP contribution in [0.2, 0.25) is 0 Å². The average molecular weight is 317 g/mol. The van der Waals surface area contributed by atoms with Crippen molar-refractivity contribution in [1.82, 2.24) is 14.9 Å². The van der Waals surface area contributed by atoms with E-state index in [9.17, 15) is 9.59 Å². The quantitative estimate of drug-likeness (QED) is 0.923. The molecule has 1 N–H and O–H groups in total. The molecule has 0 saturated heterocycles. The van der Waals surface area contributed by atoms with Gasteiger partial charge in [0.05, 0.1) is 19.7 Å². The Balaban J connectivity index is 1.84. The predicted octanol–water partition coefficient (Wildman–Crippen LogP) is 1.34. The molecule has 2 aromatic heterocycles. The number of hydrogen-bond acceptors (Lipinski definition) is 5. The molecular weight excluding hydrogens is 298 g/mol. The third-order valence-electron chi connectivity index (χ3n) is 3.78. The normalized spacial score (nSPS) is 16.0. The van der Waals surface area contributed by atoms with Gasteiger partial charge in [-0.2, -0.15) is 0 Å². The van der Waals surface area contributed by atoms with Crippen LogP contribution in [0.4, 0.5) is 0 Å². The van der Waals surface area contributed by atoms with Crippen molar-refractivity contribution in [2.45, 2.75) is 39.5 Å². The molecule has 122 valence electrons. The van der Waals surface area contributed by atoms with Gasteiger partial charge in [-0.3, -0.25) is 14.2 Å². The van der Waals surface area contributed by atoms with Crippen molar-refractivity contribution in [2.75, 3.05) is 6.61 Å². The highest BCUT2D eigenvalue weighted by molar-refractivity contribution is 5.92. The maximum absolute atomic E-state index is 12.3. The molecule has 7 heteroatoms. The summed E-state index contributed by atoms with van der Waals surface area (Å²) in [4.78, 5) is 28.8. The van der Waals surface area contributed by atoms with E-state index in [1.165, 1.54) is 6.07 Å². The third-order valence-corrected chi connectivity index (χ3v) is 3.78. The Morgan fingerprint density at radius 2 is 2.22 bits per heavy atom. The highest BCUT2D eigenvalue weighted by Gasteiger charge is 2.32. The van der Waals surface area contributed by atoms with Crippen LogP contribution in [0.1, 0.15) is 41.7 Å². The molecule has 0 aliphatic carbocycles. The lowest BCUT2D eigenvalue weighted by Crippen LogP contribution is -2.42. The van der Waals surface area contributed by atoms with Crippen molar-refractivity contribution in [2.24, 2.45) is 0 Å². The van der Waals surface area contributed by atoms with Crippen molar-refractivity contribution in [1.29, 1.82) is 0 Å². The van der Waals surface area contributed by atoms with Gasteiger partial charge in [0, 0.05) is 6.07 Å². The number of furan rings is 1. The molecule has 7 nitrogen and oxygen atoms in total. The van der Waals surface area contributed by atoms with Crippen molar-refractivity contribution >= 4 is 5.91 Å². The van der Waals surface area contributed by atoms with Crippen molar-refractivity contribution in [3.8, 4) is 0 Å². The number of carbonyl (C=O) groups excluding carboxylic acids is 1. The predicted molar refractivity (Wildman–Crippen MR) is 82.1 cm³/mol. The number of fused-ring (bicyclic) bond motifs is 1. The number of nitrogens with zero attached hydrogens (tertiary/aromatic N) is 2. The van der Waals surface area contributed by atoms with Crippen molar-refractivity contribution in [3.05, 3.63) is 51.6 Å². The van der Waals surface area contributed by atoms with Gasteiger partial charge >= 0.3 is 0 Å². The summed E-state index contributed by atoms with van der Waals surface area (Å²) in [6.45, 7) is 6.63. The summed E-state index contributed by atoms with van der Waals surface area (Å²) in [5.41, 5.74) is -0.861. The minimum absolute atomic E-state index is 0.0862. The average Bonchev–Trinajstić information content (AvgIpc) is 2.91. The standard InChI is InChI=1S/C16H19N3O4/c1-10-4-5-11(23-10)9-17-14(21)12-8-13(20)19-6-7-22-16(2,3)15(19)18-12/h4-5,8H,6-7,9H2,1-3H3,(H,17,21). The zero-order chi connectivity index (χ0) is 16.6. The lowest BCUT2D eigenvalue weighted by atomic mass is 10.1. The topological polar surface area (TPSA) is 86.4 Å². The monoisotopic (exact) mass is 317 g/mol. The lowest BCUT2D eigenvalue weighted by molar-refractivity contribution is -0.0564. The van der Waals surface area contributed by atoms with E-state index in [1.54, 1.807) is 10.6 Å². The molecule has 0 saturated carbocycles. The zero-order valence-corrected chi connectivity index (χ0v) is 13.4. The van der Waals surface area contributed by atoms with Crippen molar-refractivity contribution in [3.63, 3.8) is 0 Å². The van der Waals surface area contributed by atoms with Crippen LogP contribution in [-0.2, 0) is 23.4 Å². The number of ether oxygens (including phenoxy) is 1. The smallest absolute Gasteiger partial charge is 0.270 e. The number of rotatable bonds is 3.